The molecule has 0 heterocycles. The smallest absolute Gasteiger partial charge is 0.226 e. The van der Waals surface area contributed by atoms with Gasteiger partial charge in [-0.3, -0.25) is 4.79 Å². The highest BCUT2D eigenvalue weighted by atomic mass is 19.1. The Hall–Kier alpha value is -1.49. The minimum atomic E-state index is -0.622. The molecule has 0 aliphatic carbocycles. The van der Waals surface area contributed by atoms with E-state index in [1.165, 1.54) is 19.1 Å². The van der Waals surface area contributed by atoms with E-state index >= 15 is 0 Å². The van der Waals surface area contributed by atoms with Gasteiger partial charge in [-0.15, -0.1) is 0 Å². The van der Waals surface area contributed by atoms with Crippen LogP contribution in [-0.4, -0.2) is 19.5 Å². The van der Waals surface area contributed by atoms with Crippen LogP contribution in [0.25, 0.3) is 0 Å². The predicted octanol–water partition coefficient (Wildman–Crippen LogP) is 2.70. The Labute approximate surface area is 118 Å². The summed E-state index contributed by atoms with van der Waals surface area (Å²) in [6, 6.07) is 2.01. The summed E-state index contributed by atoms with van der Waals surface area (Å²) in [5.41, 5.74) is -0.0760. The second-order valence-corrected chi connectivity index (χ2v) is 5.69. The molecular formula is C15H22F2N2O. The molecule has 1 aromatic carbocycles. The van der Waals surface area contributed by atoms with Crippen LogP contribution in [0.15, 0.2) is 12.1 Å². The largest absolute Gasteiger partial charge is 0.359 e. The van der Waals surface area contributed by atoms with Crippen molar-refractivity contribution in [3.63, 3.8) is 0 Å². The number of benzene rings is 1. The van der Waals surface area contributed by atoms with Gasteiger partial charge in [0.1, 0.15) is 11.6 Å². The topological polar surface area (TPSA) is 41.1 Å². The third-order valence-electron chi connectivity index (χ3n) is 3.44. The number of hydrogen-bond acceptors (Lipinski definition) is 2. The molecule has 20 heavy (non-hydrogen) atoms. The fourth-order valence-electron chi connectivity index (χ4n) is 1.93. The van der Waals surface area contributed by atoms with E-state index in [-0.39, 0.29) is 23.1 Å². The first-order chi connectivity index (χ1) is 9.19. The summed E-state index contributed by atoms with van der Waals surface area (Å²) < 4.78 is 27.4. The second-order valence-electron chi connectivity index (χ2n) is 5.69. The summed E-state index contributed by atoms with van der Waals surface area (Å²) >= 11 is 0. The van der Waals surface area contributed by atoms with Crippen molar-refractivity contribution in [2.45, 2.75) is 33.7 Å². The minimum Gasteiger partial charge on any atom is -0.359 e. The molecule has 0 aliphatic rings. The summed E-state index contributed by atoms with van der Waals surface area (Å²) in [6.07, 6.45) is 0. The van der Waals surface area contributed by atoms with Gasteiger partial charge in [0.05, 0.1) is 5.41 Å². The lowest BCUT2D eigenvalue weighted by Gasteiger charge is -2.25. The standard InChI is InChI=1S/C15H22F2N2O/c1-9-6-13(17)11(7-12(9)16)10(2)19-8-15(3,4)14(20)18-5/h6-7,10,19H,8H2,1-5H3,(H,18,20). The molecule has 1 aromatic rings. The van der Waals surface area contributed by atoms with E-state index in [1.54, 1.807) is 27.8 Å². The highest BCUT2D eigenvalue weighted by Gasteiger charge is 2.27. The van der Waals surface area contributed by atoms with Gasteiger partial charge in [0.15, 0.2) is 0 Å². The fourth-order valence-corrected chi connectivity index (χ4v) is 1.93. The molecule has 0 saturated carbocycles. The van der Waals surface area contributed by atoms with Crippen molar-refractivity contribution in [2.75, 3.05) is 13.6 Å². The fraction of sp³-hybridized carbons (Fsp3) is 0.533. The molecule has 3 nitrogen and oxygen atoms in total. The van der Waals surface area contributed by atoms with Crippen LogP contribution in [0.5, 0.6) is 0 Å². The summed E-state index contributed by atoms with van der Waals surface area (Å²) in [4.78, 5) is 11.7. The first-order valence-electron chi connectivity index (χ1n) is 6.60. The highest BCUT2D eigenvalue weighted by molar-refractivity contribution is 5.81. The van der Waals surface area contributed by atoms with Crippen LogP contribution in [0.2, 0.25) is 0 Å². The maximum absolute atomic E-state index is 13.8. The van der Waals surface area contributed by atoms with Crippen LogP contribution < -0.4 is 10.6 Å². The molecule has 0 saturated heterocycles. The monoisotopic (exact) mass is 284 g/mol. The van der Waals surface area contributed by atoms with Gasteiger partial charge in [0.25, 0.3) is 0 Å². The number of carbonyl (C=O) groups excluding carboxylic acids is 1. The van der Waals surface area contributed by atoms with Gasteiger partial charge in [-0.25, -0.2) is 8.78 Å². The zero-order valence-electron chi connectivity index (χ0n) is 12.6. The number of amides is 1. The van der Waals surface area contributed by atoms with Crippen molar-refractivity contribution >= 4 is 5.91 Å². The van der Waals surface area contributed by atoms with Gasteiger partial charge in [0, 0.05) is 25.2 Å². The van der Waals surface area contributed by atoms with Gasteiger partial charge >= 0.3 is 0 Å². The van der Waals surface area contributed by atoms with Crippen LogP contribution in [-0.2, 0) is 4.79 Å². The first kappa shape index (κ1) is 16.6. The van der Waals surface area contributed by atoms with Crippen molar-refractivity contribution in [1.82, 2.24) is 10.6 Å². The number of halogens is 2. The van der Waals surface area contributed by atoms with E-state index in [9.17, 15) is 13.6 Å². The lowest BCUT2D eigenvalue weighted by Crippen LogP contribution is -2.42. The number of hydrogen-bond donors (Lipinski definition) is 2. The molecule has 0 spiro atoms. The summed E-state index contributed by atoms with van der Waals surface area (Å²) in [5.74, 6) is -0.977. The first-order valence-corrected chi connectivity index (χ1v) is 6.60. The zero-order chi connectivity index (χ0) is 15.5. The van der Waals surface area contributed by atoms with Crippen molar-refractivity contribution in [2.24, 2.45) is 5.41 Å². The molecule has 1 amide bonds. The minimum absolute atomic E-state index is 0.104. The van der Waals surface area contributed by atoms with Crippen LogP contribution in [0.3, 0.4) is 0 Å². The Balaban J connectivity index is 2.80. The van der Waals surface area contributed by atoms with E-state index in [2.05, 4.69) is 10.6 Å². The lowest BCUT2D eigenvalue weighted by atomic mass is 9.91. The molecule has 0 radical (unpaired) electrons. The third kappa shape index (κ3) is 3.76. The number of aryl methyl sites for hydroxylation is 1. The number of nitrogens with one attached hydrogen (secondary N) is 2. The number of rotatable bonds is 5. The molecule has 0 aromatic heterocycles. The second kappa shape index (κ2) is 6.31. The van der Waals surface area contributed by atoms with Gasteiger partial charge in [0.2, 0.25) is 5.91 Å². The van der Waals surface area contributed by atoms with Gasteiger partial charge in [-0.1, -0.05) is 0 Å². The van der Waals surface area contributed by atoms with Gasteiger partial charge in [-0.2, -0.15) is 0 Å². The average Bonchev–Trinajstić information content (AvgIpc) is 2.39. The quantitative estimate of drug-likeness (QED) is 0.873. The zero-order valence-corrected chi connectivity index (χ0v) is 12.6. The van der Waals surface area contributed by atoms with Crippen molar-refractivity contribution in [3.8, 4) is 0 Å². The maximum Gasteiger partial charge on any atom is 0.226 e. The summed E-state index contributed by atoms with van der Waals surface area (Å²) in [6.45, 7) is 7.21. The molecular weight excluding hydrogens is 262 g/mol. The molecule has 112 valence electrons. The highest BCUT2D eigenvalue weighted by Crippen LogP contribution is 2.22. The van der Waals surface area contributed by atoms with E-state index in [4.69, 9.17) is 0 Å². The van der Waals surface area contributed by atoms with Crippen molar-refractivity contribution in [1.29, 1.82) is 0 Å². The summed E-state index contributed by atoms with van der Waals surface area (Å²) in [7, 11) is 1.57. The molecule has 0 bridgehead atoms. The Bertz CT molecular complexity index is 501. The van der Waals surface area contributed by atoms with Gasteiger partial charge < -0.3 is 10.6 Å². The van der Waals surface area contributed by atoms with Crippen molar-refractivity contribution < 1.29 is 13.6 Å². The molecule has 1 unspecified atom stereocenters. The Morgan fingerprint density at radius 1 is 1.30 bits per heavy atom. The van der Waals surface area contributed by atoms with Gasteiger partial charge in [-0.05, 0) is 45.4 Å². The maximum atomic E-state index is 13.8. The van der Waals surface area contributed by atoms with Crippen LogP contribution >= 0.6 is 0 Å². The molecule has 5 heteroatoms. The van der Waals surface area contributed by atoms with E-state index in [0.29, 0.717) is 6.54 Å². The Kier molecular flexibility index (Phi) is 5.22. The molecule has 1 atom stereocenters. The molecule has 0 fully saturated rings. The molecule has 0 aliphatic heterocycles. The lowest BCUT2D eigenvalue weighted by molar-refractivity contribution is -0.128. The van der Waals surface area contributed by atoms with E-state index < -0.39 is 17.0 Å². The van der Waals surface area contributed by atoms with Crippen LogP contribution in [0, 0.1) is 24.0 Å². The van der Waals surface area contributed by atoms with E-state index in [0.717, 1.165) is 0 Å². The van der Waals surface area contributed by atoms with Crippen LogP contribution in [0.4, 0.5) is 8.78 Å². The normalized spacial score (nSPS) is 13.2. The molecule has 2 N–H and O–H groups in total. The molecule has 1 rings (SSSR count). The van der Waals surface area contributed by atoms with Crippen LogP contribution in [0.1, 0.15) is 37.9 Å². The number of carbonyl (C=O) groups is 1. The Morgan fingerprint density at radius 3 is 2.45 bits per heavy atom. The average molecular weight is 284 g/mol. The summed E-state index contributed by atoms with van der Waals surface area (Å²) in [5, 5.41) is 5.66. The van der Waals surface area contributed by atoms with Crippen molar-refractivity contribution in [3.05, 3.63) is 34.9 Å². The SMILES string of the molecule is CNC(=O)C(C)(C)CNC(C)c1cc(F)c(C)cc1F. The predicted molar refractivity (Wildman–Crippen MR) is 75.4 cm³/mol. The van der Waals surface area contributed by atoms with E-state index in [1.807, 2.05) is 0 Å². The Morgan fingerprint density at radius 2 is 1.90 bits per heavy atom. The third-order valence-corrected chi connectivity index (χ3v) is 3.44.